The minimum atomic E-state index is 0.619. The number of pyridine rings is 1. The SMILES string of the molecule is [2H]c1c(C)[n+](C)c(-c2ccccc2C)c2ccc(C)cc12. The normalized spacial score (nSPS) is 11.7. The van der Waals surface area contributed by atoms with Gasteiger partial charge in [0.05, 0.1) is 6.76 Å². The lowest BCUT2D eigenvalue weighted by molar-refractivity contribution is -0.665. The van der Waals surface area contributed by atoms with E-state index in [1.807, 2.05) is 6.92 Å². The smallest absolute Gasteiger partial charge is 0.198 e. The van der Waals surface area contributed by atoms with Crippen LogP contribution in [0.4, 0.5) is 0 Å². The summed E-state index contributed by atoms with van der Waals surface area (Å²) in [7, 11) is 2.05. The van der Waals surface area contributed by atoms with E-state index in [9.17, 15) is 0 Å². The molecular weight excluding hydrogens is 242 g/mol. The molecule has 0 radical (unpaired) electrons. The Morgan fingerprint density at radius 1 is 1.00 bits per heavy atom. The minimum Gasteiger partial charge on any atom is -0.198 e. The van der Waals surface area contributed by atoms with Crippen LogP contribution in [0.5, 0.6) is 0 Å². The number of benzene rings is 2. The quantitative estimate of drug-likeness (QED) is 0.578. The summed E-state index contributed by atoms with van der Waals surface area (Å²) in [6, 6.07) is 15.4. The number of fused-ring (bicyclic) bond motifs is 1. The van der Waals surface area contributed by atoms with Crippen molar-refractivity contribution < 1.29 is 5.94 Å². The Morgan fingerprint density at radius 3 is 2.50 bits per heavy atom. The molecule has 0 saturated carbocycles. The van der Waals surface area contributed by atoms with E-state index in [0.29, 0.717) is 6.04 Å². The van der Waals surface area contributed by atoms with Gasteiger partial charge < -0.3 is 0 Å². The molecule has 0 atom stereocenters. The van der Waals surface area contributed by atoms with Crippen molar-refractivity contribution in [3.63, 3.8) is 0 Å². The molecule has 3 aromatic rings. The van der Waals surface area contributed by atoms with Crippen LogP contribution >= 0.6 is 0 Å². The van der Waals surface area contributed by atoms with Crippen molar-refractivity contribution in [1.29, 1.82) is 0 Å². The number of aryl methyl sites for hydroxylation is 2. The van der Waals surface area contributed by atoms with Crippen LogP contribution in [-0.2, 0) is 7.05 Å². The molecule has 0 aliphatic rings. The van der Waals surface area contributed by atoms with E-state index in [0.717, 1.165) is 16.5 Å². The van der Waals surface area contributed by atoms with Gasteiger partial charge in [-0.25, -0.2) is 0 Å². The number of hydrogen-bond donors (Lipinski definition) is 0. The van der Waals surface area contributed by atoms with Gasteiger partial charge >= 0.3 is 0 Å². The first-order valence-corrected chi connectivity index (χ1v) is 6.96. The Labute approximate surface area is 121 Å². The van der Waals surface area contributed by atoms with Crippen LogP contribution in [0.1, 0.15) is 18.2 Å². The van der Waals surface area contributed by atoms with Crippen LogP contribution in [-0.4, -0.2) is 0 Å². The van der Waals surface area contributed by atoms with Crippen molar-refractivity contribution in [2.24, 2.45) is 7.05 Å². The molecule has 0 bridgehead atoms. The lowest BCUT2D eigenvalue weighted by atomic mass is 9.98. The maximum atomic E-state index is 8.42. The molecule has 1 aromatic heterocycles. The molecule has 3 rings (SSSR count). The second kappa shape index (κ2) is 4.75. The van der Waals surface area contributed by atoms with Crippen LogP contribution in [0.2, 0.25) is 0 Å². The lowest BCUT2D eigenvalue weighted by Gasteiger charge is -2.10. The predicted octanol–water partition coefficient (Wildman–Crippen LogP) is 4.26. The fraction of sp³-hybridized carbons (Fsp3) is 0.211. The van der Waals surface area contributed by atoms with Crippen LogP contribution in [0.15, 0.2) is 48.5 Å². The second-order valence-corrected chi connectivity index (χ2v) is 5.48. The third-order valence-electron chi connectivity index (χ3n) is 3.98. The maximum absolute atomic E-state index is 8.42. The van der Waals surface area contributed by atoms with Crippen molar-refractivity contribution in [2.45, 2.75) is 20.8 Å². The van der Waals surface area contributed by atoms with Crippen LogP contribution in [0.3, 0.4) is 0 Å². The van der Waals surface area contributed by atoms with Gasteiger partial charge in [0, 0.05) is 18.5 Å². The summed E-state index contributed by atoms with van der Waals surface area (Å²) in [4.78, 5) is 0. The first-order valence-electron chi connectivity index (χ1n) is 7.46. The summed E-state index contributed by atoms with van der Waals surface area (Å²) in [6.07, 6.45) is 0. The van der Waals surface area contributed by atoms with E-state index < -0.39 is 0 Å². The van der Waals surface area contributed by atoms with E-state index in [-0.39, 0.29) is 0 Å². The first kappa shape index (κ1) is 11.7. The Balaban J connectivity index is 2.51. The highest BCUT2D eigenvalue weighted by Gasteiger charge is 2.18. The Bertz CT molecular complexity index is 850. The Morgan fingerprint density at radius 2 is 1.75 bits per heavy atom. The zero-order chi connectivity index (χ0) is 15.1. The molecule has 0 aliphatic carbocycles. The number of nitrogens with zero attached hydrogens (tertiary/aromatic N) is 1. The largest absolute Gasteiger partial charge is 0.220 e. The molecule has 0 aliphatic heterocycles. The zero-order valence-corrected chi connectivity index (χ0v) is 12.5. The Kier molecular flexibility index (Phi) is 2.77. The molecule has 1 heteroatoms. The highest BCUT2D eigenvalue weighted by atomic mass is 14.9. The molecule has 20 heavy (non-hydrogen) atoms. The molecule has 1 heterocycles. The summed E-state index contributed by atoms with van der Waals surface area (Å²) < 4.78 is 10.6. The summed E-state index contributed by atoms with van der Waals surface area (Å²) in [5.41, 5.74) is 5.87. The summed E-state index contributed by atoms with van der Waals surface area (Å²) in [5.74, 6) is 0. The van der Waals surface area contributed by atoms with Crippen molar-refractivity contribution in [3.05, 3.63) is 65.3 Å². The zero-order valence-electron chi connectivity index (χ0n) is 13.5. The van der Waals surface area contributed by atoms with Gasteiger partial charge in [-0.15, -0.1) is 0 Å². The van der Waals surface area contributed by atoms with Crippen LogP contribution < -0.4 is 4.57 Å². The van der Waals surface area contributed by atoms with Gasteiger partial charge in [-0.2, -0.15) is 4.57 Å². The molecule has 100 valence electrons. The third-order valence-corrected chi connectivity index (χ3v) is 3.98. The first-order chi connectivity index (χ1) is 10.0. The average Bonchev–Trinajstić information content (AvgIpc) is 2.47. The van der Waals surface area contributed by atoms with Gasteiger partial charge in [0.2, 0.25) is 5.69 Å². The molecule has 0 N–H and O–H groups in total. The lowest BCUT2D eigenvalue weighted by Crippen LogP contribution is -2.35. The fourth-order valence-electron chi connectivity index (χ4n) is 2.76. The topological polar surface area (TPSA) is 3.88 Å². The molecule has 2 aromatic carbocycles. The third kappa shape index (κ3) is 2.00. The van der Waals surface area contributed by atoms with Crippen molar-refractivity contribution in [2.75, 3.05) is 0 Å². The van der Waals surface area contributed by atoms with Gasteiger partial charge in [-0.05, 0) is 36.9 Å². The summed E-state index contributed by atoms with van der Waals surface area (Å²) in [5, 5.41) is 2.18. The molecule has 0 saturated heterocycles. The molecule has 1 nitrogen and oxygen atoms in total. The molecular formula is C19H20N+. The number of rotatable bonds is 1. The van der Waals surface area contributed by atoms with E-state index in [1.165, 1.54) is 22.4 Å². The molecule has 0 amide bonds. The monoisotopic (exact) mass is 263 g/mol. The highest BCUT2D eigenvalue weighted by Crippen LogP contribution is 2.28. The Hall–Kier alpha value is -2.15. The van der Waals surface area contributed by atoms with Gasteiger partial charge in [0.1, 0.15) is 7.05 Å². The van der Waals surface area contributed by atoms with E-state index in [1.54, 1.807) is 0 Å². The summed E-state index contributed by atoms with van der Waals surface area (Å²) >= 11 is 0. The van der Waals surface area contributed by atoms with Crippen LogP contribution in [0.25, 0.3) is 22.0 Å². The average molecular weight is 263 g/mol. The summed E-state index contributed by atoms with van der Waals surface area (Å²) in [6.45, 7) is 6.24. The van der Waals surface area contributed by atoms with E-state index in [4.69, 9.17) is 1.37 Å². The van der Waals surface area contributed by atoms with E-state index in [2.05, 4.69) is 67.9 Å². The molecule has 0 spiro atoms. The fourth-order valence-corrected chi connectivity index (χ4v) is 2.76. The number of hydrogen-bond acceptors (Lipinski definition) is 0. The van der Waals surface area contributed by atoms with Gasteiger partial charge in [0.25, 0.3) is 0 Å². The van der Waals surface area contributed by atoms with Crippen molar-refractivity contribution in [1.82, 2.24) is 0 Å². The van der Waals surface area contributed by atoms with Gasteiger partial charge in [-0.1, -0.05) is 35.9 Å². The van der Waals surface area contributed by atoms with Crippen molar-refractivity contribution in [3.8, 4) is 11.3 Å². The highest BCUT2D eigenvalue weighted by molar-refractivity contribution is 5.94. The number of aromatic nitrogens is 1. The second-order valence-electron chi connectivity index (χ2n) is 5.48. The molecule has 0 fully saturated rings. The molecule has 0 unspecified atom stereocenters. The van der Waals surface area contributed by atoms with Gasteiger partial charge in [-0.3, -0.25) is 0 Å². The van der Waals surface area contributed by atoms with Crippen LogP contribution in [0, 0.1) is 20.8 Å². The van der Waals surface area contributed by atoms with Gasteiger partial charge in [0.15, 0.2) is 5.69 Å². The standard InChI is InChI=1S/C19H20N/c1-13-9-10-18-16(11-13)12-15(3)20(4)19(18)17-8-6-5-7-14(17)2/h5-12H,1-4H3/q+1/i12D. The minimum absolute atomic E-state index is 0.619. The van der Waals surface area contributed by atoms with E-state index >= 15 is 0 Å². The maximum Gasteiger partial charge on any atom is 0.220 e. The predicted molar refractivity (Wildman–Crippen MR) is 84.8 cm³/mol. The van der Waals surface area contributed by atoms with Crippen molar-refractivity contribution >= 4 is 10.8 Å².